The molecule has 0 heterocycles. The van der Waals surface area contributed by atoms with Gasteiger partial charge in [-0.25, -0.2) is 4.79 Å². The summed E-state index contributed by atoms with van der Waals surface area (Å²) in [5, 5.41) is 10.6. The quantitative estimate of drug-likeness (QED) is 0.782. The molecule has 0 aromatic carbocycles. The second-order valence-corrected chi connectivity index (χ2v) is 3.73. The number of hydrogen-bond acceptors (Lipinski definition) is 3. The molecule has 0 rings (SSSR count). The second-order valence-electron chi connectivity index (χ2n) is 3.73. The lowest BCUT2D eigenvalue weighted by Crippen LogP contribution is -2.39. The lowest BCUT2D eigenvalue weighted by atomic mass is 9.94. The molecule has 1 amide bonds. The summed E-state index contributed by atoms with van der Waals surface area (Å²) in [6, 6.07) is 0. The predicted octanol–water partition coefficient (Wildman–Crippen LogP) is 1.39. The lowest BCUT2D eigenvalue weighted by Gasteiger charge is -2.19. The smallest absolute Gasteiger partial charge is 0.422 e. The Hall–Kier alpha value is -1.47. The zero-order chi connectivity index (χ0) is 13.0. The molecule has 94 valence electrons. The molecule has 16 heavy (non-hydrogen) atoms. The van der Waals surface area contributed by atoms with E-state index in [0.717, 1.165) is 0 Å². The van der Waals surface area contributed by atoms with Crippen LogP contribution < -0.4 is 5.32 Å². The number of alkyl carbamates (subject to hydrolysis) is 1. The number of carboxylic acids is 1. The molecule has 0 aliphatic rings. The van der Waals surface area contributed by atoms with Crippen molar-refractivity contribution in [2.45, 2.75) is 20.0 Å². The van der Waals surface area contributed by atoms with E-state index in [4.69, 9.17) is 5.11 Å². The molecular formula is C8H12F3NO4. The van der Waals surface area contributed by atoms with E-state index in [1.54, 1.807) is 0 Å². The van der Waals surface area contributed by atoms with Crippen molar-refractivity contribution in [3.8, 4) is 0 Å². The van der Waals surface area contributed by atoms with Gasteiger partial charge in [0.25, 0.3) is 0 Å². The normalized spacial score (nSPS) is 12.1. The summed E-state index contributed by atoms with van der Waals surface area (Å²) < 4.78 is 38.7. The van der Waals surface area contributed by atoms with Crippen molar-refractivity contribution in [2.75, 3.05) is 13.2 Å². The molecule has 0 unspecified atom stereocenters. The van der Waals surface area contributed by atoms with E-state index in [0.29, 0.717) is 0 Å². The monoisotopic (exact) mass is 243 g/mol. The van der Waals surface area contributed by atoms with Crippen molar-refractivity contribution in [3.05, 3.63) is 0 Å². The Bertz CT molecular complexity index is 275. The van der Waals surface area contributed by atoms with Gasteiger partial charge in [0.05, 0.1) is 5.41 Å². The van der Waals surface area contributed by atoms with Crippen molar-refractivity contribution in [1.29, 1.82) is 0 Å². The SMILES string of the molecule is CC(C)(CNC(=O)OCC(F)(F)F)C(=O)O. The molecule has 0 aliphatic heterocycles. The fraction of sp³-hybridized carbons (Fsp3) is 0.750. The Morgan fingerprint density at radius 2 is 1.81 bits per heavy atom. The Labute approximate surface area is 89.6 Å². The Morgan fingerprint density at radius 3 is 2.19 bits per heavy atom. The molecule has 2 N–H and O–H groups in total. The highest BCUT2D eigenvalue weighted by molar-refractivity contribution is 5.75. The highest BCUT2D eigenvalue weighted by Crippen LogP contribution is 2.15. The summed E-state index contributed by atoms with van der Waals surface area (Å²) in [4.78, 5) is 21.3. The number of rotatable bonds is 4. The molecule has 0 fully saturated rings. The van der Waals surface area contributed by atoms with E-state index in [2.05, 4.69) is 4.74 Å². The minimum atomic E-state index is -4.60. The van der Waals surface area contributed by atoms with Crippen LogP contribution in [0.5, 0.6) is 0 Å². The van der Waals surface area contributed by atoms with Gasteiger partial charge >= 0.3 is 18.2 Å². The zero-order valence-corrected chi connectivity index (χ0v) is 8.72. The molecule has 0 aromatic heterocycles. The van der Waals surface area contributed by atoms with Gasteiger partial charge in [0.15, 0.2) is 6.61 Å². The summed E-state index contributed by atoms with van der Waals surface area (Å²) in [5.74, 6) is -1.18. The molecule has 8 heteroatoms. The molecule has 0 atom stereocenters. The molecule has 0 saturated carbocycles. The van der Waals surface area contributed by atoms with Crippen LogP contribution in [0, 0.1) is 5.41 Å². The summed E-state index contributed by atoms with van der Waals surface area (Å²) >= 11 is 0. The molecule has 0 radical (unpaired) electrons. The van der Waals surface area contributed by atoms with Crippen LogP contribution in [0.3, 0.4) is 0 Å². The first kappa shape index (κ1) is 14.5. The Balaban J connectivity index is 3.96. The van der Waals surface area contributed by atoms with Crippen LogP contribution in [0.25, 0.3) is 0 Å². The van der Waals surface area contributed by atoms with Crippen LogP contribution in [-0.4, -0.2) is 36.5 Å². The second kappa shape index (κ2) is 5.04. The van der Waals surface area contributed by atoms with Crippen LogP contribution in [0.15, 0.2) is 0 Å². The van der Waals surface area contributed by atoms with E-state index < -0.39 is 30.3 Å². The number of amides is 1. The van der Waals surface area contributed by atoms with E-state index in [1.807, 2.05) is 5.32 Å². The maximum Gasteiger partial charge on any atom is 0.422 e. The van der Waals surface area contributed by atoms with Crippen LogP contribution in [0.2, 0.25) is 0 Å². The number of carbonyl (C=O) groups is 2. The van der Waals surface area contributed by atoms with Crippen LogP contribution in [-0.2, 0) is 9.53 Å². The standard InChI is InChI=1S/C8H12F3NO4/c1-7(2,5(13)14)3-12-6(15)16-4-8(9,10)11/h3-4H2,1-2H3,(H,12,15)(H,13,14). The Morgan fingerprint density at radius 1 is 1.31 bits per heavy atom. The fourth-order valence-corrected chi connectivity index (χ4v) is 0.567. The van der Waals surface area contributed by atoms with Gasteiger partial charge in [-0.1, -0.05) is 0 Å². The lowest BCUT2D eigenvalue weighted by molar-refractivity contribution is -0.160. The van der Waals surface area contributed by atoms with Crippen molar-refractivity contribution < 1.29 is 32.6 Å². The third kappa shape index (κ3) is 6.10. The average Bonchev–Trinajstić information content (AvgIpc) is 2.10. The van der Waals surface area contributed by atoms with E-state index in [1.165, 1.54) is 13.8 Å². The third-order valence-electron chi connectivity index (χ3n) is 1.62. The summed E-state index contributed by atoms with van der Waals surface area (Å²) in [6.07, 6.45) is -5.90. The average molecular weight is 243 g/mol. The van der Waals surface area contributed by atoms with Gasteiger partial charge in [0.2, 0.25) is 0 Å². The molecule has 0 spiro atoms. The van der Waals surface area contributed by atoms with E-state index >= 15 is 0 Å². The van der Waals surface area contributed by atoms with Crippen LogP contribution >= 0.6 is 0 Å². The fourth-order valence-electron chi connectivity index (χ4n) is 0.567. The molecular weight excluding hydrogens is 231 g/mol. The summed E-state index contributed by atoms with van der Waals surface area (Å²) in [6.45, 7) is 0.615. The van der Waals surface area contributed by atoms with Gasteiger partial charge < -0.3 is 15.2 Å². The minimum Gasteiger partial charge on any atom is -0.481 e. The Kier molecular flexibility index (Phi) is 4.58. The number of hydrogen-bond donors (Lipinski definition) is 2. The van der Waals surface area contributed by atoms with Gasteiger partial charge in [-0.05, 0) is 13.8 Å². The van der Waals surface area contributed by atoms with Crippen molar-refractivity contribution in [1.82, 2.24) is 5.32 Å². The summed E-state index contributed by atoms with van der Waals surface area (Å²) in [7, 11) is 0. The molecule has 5 nitrogen and oxygen atoms in total. The number of ether oxygens (including phenoxy) is 1. The van der Waals surface area contributed by atoms with Gasteiger partial charge in [0.1, 0.15) is 0 Å². The number of aliphatic carboxylic acids is 1. The number of nitrogens with one attached hydrogen (secondary N) is 1. The maximum absolute atomic E-state index is 11.6. The zero-order valence-electron chi connectivity index (χ0n) is 8.72. The predicted molar refractivity (Wildman–Crippen MR) is 46.8 cm³/mol. The molecule has 0 bridgehead atoms. The van der Waals surface area contributed by atoms with Crippen LogP contribution in [0.4, 0.5) is 18.0 Å². The number of halogens is 3. The third-order valence-corrected chi connectivity index (χ3v) is 1.62. The molecule has 0 aliphatic carbocycles. The van der Waals surface area contributed by atoms with E-state index in [9.17, 15) is 22.8 Å². The van der Waals surface area contributed by atoms with Crippen molar-refractivity contribution >= 4 is 12.1 Å². The van der Waals surface area contributed by atoms with Crippen molar-refractivity contribution in [3.63, 3.8) is 0 Å². The maximum atomic E-state index is 11.6. The first-order valence-electron chi connectivity index (χ1n) is 4.25. The van der Waals surface area contributed by atoms with Gasteiger partial charge in [-0.3, -0.25) is 4.79 Å². The van der Waals surface area contributed by atoms with Gasteiger partial charge in [-0.2, -0.15) is 13.2 Å². The number of carbonyl (C=O) groups excluding carboxylic acids is 1. The number of carboxylic acid groups (broad SMARTS) is 1. The highest BCUT2D eigenvalue weighted by atomic mass is 19.4. The van der Waals surface area contributed by atoms with Gasteiger partial charge in [-0.15, -0.1) is 0 Å². The van der Waals surface area contributed by atoms with Crippen molar-refractivity contribution in [2.24, 2.45) is 5.41 Å². The largest absolute Gasteiger partial charge is 0.481 e. The first-order chi connectivity index (χ1) is 7.04. The molecule has 0 saturated heterocycles. The molecule has 0 aromatic rings. The minimum absolute atomic E-state index is 0.320. The van der Waals surface area contributed by atoms with Gasteiger partial charge in [0, 0.05) is 6.54 Å². The topological polar surface area (TPSA) is 75.6 Å². The first-order valence-corrected chi connectivity index (χ1v) is 4.25. The number of alkyl halides is 3. The highest BCUT2D eigenvalue weighted by Gasteiger charge is 2.31. The van der Waals surface area contributed by atoms with Crippen LogP contribution in [0.1, 0.15) is 13.8 Å². The summed E-state index contributed by atoms with van der Waals surface area (Å²) in [5.41, 5.74) is -1.27. The van der Waals surface area contributed by atoms with E-state index in [-0.39, 0.29) is 6.54 Å².